The van der Waals surface area contributed by atoms with Crippen LogP contribution in [-0.2, 0) is 38.1 Å². The van der Waals surface area contributed by atoms with Crippen molar-refractivity contribution in [3.63, 3.8) is 0 Å². The molecule has 48 heavy (non-hydrogen) atoms. The van der Waals surface area contributed by atoms with Crippen LogP contribution in [0.2, 0.25) is 0 Å². The van der Waals surface area contributed by atoms with Crippen LogP contribution in [0.15, 0.2) is 21.3 Å². The highest BCUT2D eigenvalue weighted by atomic mass is 16.7. The van der Waals surface area contributed by atoms with Crippen LogP contribution in [-0.4, -0.2) is 53.9 Å². The minimum absolute atomic E-state index is 0.0563. The molecule has 1 aromatic heterocycles. The van der Waals surface area contributed by atoms with Gasteiger partial charge in [-0.05, 0) is 71.9 Å². The maximum Gasteiger partial charge on any atom is 0.351 e. The highest BCUT2D eigenvalue weighted by molar-refractivity contribution is 5.95. The quantitative estimate of drug-likeness (QED) is 0.239. The van der Waals surface area contributed by atoms with Crippen molar-refractivity contribution in [2.75, 3.05) is 7.11 Å². The third-order valence-electron chi connectivity index (χ3n) is 13.3. The smallest absolute Gasteiger partial charge is 0.351 e. The summed E-state index contributed by atoms with van der Waals surface area (Å²) in [6, 6.07) is 2.99. The first-order valence-corrected chi connectivity index (χ1v) is 16.4. The number of hydrogen-bond donors (Lipinski definition) is 0. The van der Waals surface area contributed by atoms with E-state index in [0.717, 1.165) is 0 Å². The van der Waals surface area contributed by atoms with Crippen molar-refractivity contribution in [2.24, 2.45) is 21.7 Å². The Labute approximate surface area is 277 Å². The fourth-order valence-electron chi connectivity index (χ4n) is 8.93. The van der Waals surface area contributed by atoms with Crippen molar-refractivity contribution in [1.82, 2.24) is 0 Å². The molecule has 2 saturated heterocycles. The first kappa shape index (κ1) is 32.5. The zero-order valence-corrected chi connectivity index (χ0v) is 29.0. The van der Waals surface area contributed by atoms with Crippen molar-refractivity contribution >= 4 is 34.8 Å². The second-order valence-corrected chi connectivity index (χ2v) is 16.2. The lowest BCUT2D eigenvalue weighted by molar-refractivity contribution is -0.217. The number of carbonyl (C=O) groups is 4. The van der Waals surface area contributed by atoms with E-state index in [4.69, 9.17) is 32.8 Å². The summed E-state index contributed by atoms with van der Waals surface area (Å²) in [5, 5.41) is 0.481. The van der Waals surface area contributed by atoms with Crippen LogP contribution in [0.25, 0.3) is 11.0 Å². The van der Waals surface area contributed by atoms with Gasteiger partial charge in [0, 0.05) is 22.3 Å². The Hall–Kier alpha value is -4.09. The van der Waals surface area contributed by atoms with Gasteiger partial charge >= 0.3 is 29.5 Å². The highest BCUT2D eigenvalue weighted by Gasteiger charge is 2.78. The molecule has 4 unspecified atom stereocenters. The van der Waals surface area contributed by atoms with Crippen molar-refractivity contribution in [3.05, 3.63) is 33.7 Å². The SMILES string of the molecule is COc1cc2c(C)cc(=O)oc2c2c1OC(C)(C)[C@H](OC(=O)C13CCC(C)(C(=O)O1)C3(C)C)[C@@H]2OC(=O)C12CCC(C)(C(=O)O1)C2(C)C. The normalized spacial score (nSPS) is 36.2. The number of aryl methyl sites for hydroxylation is 1. The van der Waals surface area contributed by atoms with Gasteiger partial charge in [-0.1, -0.05) is 27.7 Å². The number of ether oxygens (including phenoxy) is 6. The Bertz CT molecular complexity index is 1900. The number of benzene rings is 1. The summed E-state index contributed by atoms with van der Waals surface area (Å²) in [6.07, 6.45) is -1.49. The summed E-state index contributed by atoms with van der Waals surface area (Å²) in [6.45, 7) is 15.8. The van der Waals surface area contributed by atoms with Crippen molar-refractivity contribution in [1.29, 1.82) is 0 Å². The first-order chi connectivity index (χ1) is 22.1. The van der Waals surface area contributed by atoms with E-state index in [1.165, 1.54) is 13.2 Å². The molecule has 1 aromatic carbocycles. The van der Waals surface area contributed by atoms with E-state index in [2.05, 4.69) is 0 Å². The van der Waals surface area contributed by atoms with E-state index < -0.39 is 80.2 Å². The van der Waals surface area contributed by atoms with Crippen LogP contribution >= 0.6 is 0 Å². The van der Waals surface area contributed by atoms with Gasteiger partial charge in [0.2, 0.25) is 11.2 Å². The molecule has 2 saturated carbocycles. The number of carbonyl (C=O) groups excluding carboxylic acids is 4. The van der Waals surface area contributed by atoms with Crippen LogP contribution in [0.5, 0.6) is 11.5 Å². The lowest BCUT2D eigenvalue weighted by atomic mass is 9.66. The van der Waals surface area contributed by atoms with E-state index in [-0.39, 0.29) is 35.5 Å². The minimum Gasteiger partial charge on any atom is -0.493 e. The summed E-state index contributed by atoms with van der Waals surface area (Å²) in [5.41, 5.74) is -8.22. The predicted molar refractivity (Wildman–Crippen MR) is 167 cm³/mol. The molecule has 6 atom stereocenters. The van der Waals surface area contributed by atoms with Crippen LogP contribution in [0.1, 0.15) is 98.3 Å². The number of hydrogen-bond acceptors (Lipinski definition) is 12. The molecular weight excluding hydrogens is 624 g/mol. The summed E-state index contributed by atoms with van der Waals surface area (Å²) < 4.78 is 42.4. The van der Waals surface area contributed by atoms with E-state index in [1.807, 2.05) is 13.8 Å². The van der Waals surface area contributed by atoms with Gasteiger partial charge < -0.3 is 32.8 Å². The molecule has 3 aliphatic heterocycles. The molecule has 2 aromatic rings. The van der Waals surface area contributed by atoms with Crippen molar-refractivity contribution in [3.8, 4) is 11.5 Å². The number of fused-ring (bicyclic) bond motifs is 7. The second-order valence-electron chi connectivity index (χ2n) is 16.2. The predicted octanol–water partition coefficient (Wildman–Crippen LogP) is 5.02. The summed E-state index contributed by atoms with van der Waals surface area (Å²) in [4.78, 5) is 68.0. The number of methoxy groups -OCH3 is 1. The Morgan fingerprint density at radius 1 is 0.750 bits per heavy atom. The monoisotopic (exact) mass is 666 g/mol. The highest BCUT2D eigenvalue weighted by Crippen LogP contribution is 2.68. The van der Waals surface area contributed by atoms with Crippen molar-refractivity contribution < 1.29 is 52.0 Å². The van der Waals surface area contributed by atoms with Gasteiger partial charge in [0.05, 0.1) is 23.5 Å². The molecule has 12 nitrogen and oxygen atoms in total. The van der Waals surface area contributed by atoms with Gasteiger partial charge in [-0.15, -0.1) is 0 Å². The van der Waals surface area contributed by atoms with Crippen LogP contribution in [0.3, 0.4) is 0 Å². The third kappa shape index (κ3) is 3.53. The fraction of sp³-hybridized carbons (Fsp3) is 0.639. The molecule has 0 spiro atoms. The molecule has 4 bridgehead atoms. The van der Waals surface area contributed by atoms with Crippen LogP contribution in [0, 0.1) is 28.6 Å². The molecule has 5 aliphatic rings. The van der Waals surface area contributed by atoms with E-state index in [9.17, 15) is 24.0 Å². The molecule has 7 rings (SSSR count). The molecule has 12 heteroatoms. The standard InChI is InChI=1S/C36H42O12/c1-17-15-20(37)43-22-18(17)16-19(42-10)23-21(22)24(44-28(40)35-13-11-33(8,26(38)47-35)31(35,4)5)25(30(2,3)46-23)45-29(41)36-14-12-34(9,27(39)48-36)32(36,6)7/h15-16,24-25H,11-14H2,1-10H3/t24-,25-,33?,34?,35?,36?/m1/s1. The van der Waals surface area contributed by atoms with E-state index in [0.29, 0.717) is 23.8 Å². The molecule has 2 aliphatic carbocycles. The third-order valence-corrected chi connectivity index (χ3v) is 13.3. The summed E-state index contributed by atoms with van der Waals surface area (Å²) in [7, 11) is 1.45. The fourth-order valence-corrected chi connectivity index (χ4v) is 8.93. The Morgan fingerprint density at radius 2 is 1.27 bits per heavy atom. The van der Waals surface area contributed by atoms with E-state index in [1.54, 1.807) is 54.5 Å². The molecule has 0 N–H and O–H groups in total. The molecule has 4 heterocycles. The van der Waals surface area contributed by atoms with Crippen molar-refractivity contribution in [2.45, 2.75) is 117 Å². The molecule has 4 fully saturated rings. The molecule has 0 amide bonds. The van der Waals surface area contributed by atoms with Gasteiger partial charge in [-0.2, -0.15) is 0 Å². The average Bonchev–Trinajstić information content (AvgIpc) is 3.46. The lowest BCUT2D eigenvalue weighted by Crippen LogP contribution is -2.57. The molecule has 258 valence electrons. The minimum atomic E-state index is -1.63. The largest absolute Gasteiger partial charge is 0.493 e. The molecule has 0 radical (unpaired) electrons. The Balaban J connectivity index is 1.41. The zero-order chi connectivity index (χ0) is 35.2. The first-order valence-electron chi connectivity index (χ1n) is 16.4. The van der Waals surface area contributed by atoms with Crippen LogP contribution in [0.4, 0.5) is 0 Å². The number of esters is 4. The maximum atomic E-state index is 14.6. The lowest BCUT2D eigenvalue weighted by Gasteiger charge is -2.46. The topological polar surface area (TPSA) is 154 Å². The van der Waals surface area contributed by atoms with E-state index >= 15 is 0 Å². The average molecular weight is 667 g/mol. The maximum absolute atomic E-state index is 14.6. The van der Waals surface area contributed by atoms with Gasteiger partial charge in [-0.25, -0.2) is 14.4 Å². The number of rotatable bonds is 5. The summed E-state index contributed by atoms with van der Waals surface area (Å²) >= 11 is 0. The summed E-state index contributed by atoms with van der Waals surface area (Å²) in [5.74, 6) is -2.22. The Morgan fingerprint density at radius 3 is 1.73 bits per heavy atom. The van der Waals surface area contributed by atoms with Gasteiger partial charge in [-0.3, -0.25) is 9.59 Å². The second kappa shape index (κ2) is 9.32. The van der Waals surface area contributed by atoms with Gasteiger partial charge in [0.25, 0.3) is 0 Å². The molecular formula is C36H42O12. The Kier molecular flexibility index (Phi) is 6.30. The zero-order valence-electron chi connectivity index (χ0n) is 29.0. The van der Waals surface area contributed by atoms with Crippen LogP contribution < -0.4 is 15.1 Å². The van der Waals surface area contributed by atoms with Gasteiger partial charge in [0.1, 0.15) is 11.2 Å². The van der Waals surface area contributed by atoms with Gasteiger partial charge in [0.15, 0.2) is 23.7 Å².